The summed E-state index contributed by atoms with van der Waals surface area (Å²) >= 11 is 0. The van der Waals surface area contributed by atoms with Crippen LogP contribution in [0.5, 0.6) is 11.5 Å². The van der Waals surface area contributed by atoms with Gasteiger partial charge >= 0.3 is 0 Å². The van der Waals surface area contributed by atoms with Gasteiger partial charge in [-0.25, -0.2) is 0 Å². The second-order valence-electron chi connectivity index (χ2n) is 15.2. The first-order chi connectivity index (χ1) is 31.1. The van der Waals surface area contributed by atoms with E-state index in [4.69, 9.17) is 9.29 Å². The molecular formula is C45H41N7O11S3. The summed E-state index contributed by atoms with van der Waals surface area (Å²) in [4.78, 5) is -1.04. The Morgan fingerprint density at radius 1 is 0.545 bits per heavy atom. The van der Waals surface area contributed by atoms with E-state index in [1.54, 1.807) is 74.5 Å². The molecule has 7 aromatic carbocycles. The van der Waals surface area contributed by atoms with Gasteiger partial charge in [0.25, 0.3) is 30.4 Å². The zero-order valence-corrected chi connectivity index (χ0v) is 38.0. The smallest absolute Gasteiger partial charge is 0.296 e. The Kier molecular flexibility index (Phi) is 13.4. The standard InChI is InChI=1S/C45H41N7O11S3/c1-26-18-39(27(2)17-38(26)48-47-34-12-11-30-22-35(65(57,58)59)25-42(37(30)24-34)63-15-8-16-64(54,55)56)49-50-40-19-29(4)41(20-28(40)3)51-52-44-43(66(60,61)62)23-31-21-33(13-14-36(31)45(44)53)46-32-9-6-5-7-10-32/h5-7,9-14,17-25,46,53H,8,15-16H2,1-4H3,(H,54,55,56)(H,57,58,59)(H,60,61,62). The van der Waals surface area contributed by atoms with Crippen molar-refractivity contribution in [3.8, 4) is 11.5 Å². The Morgan fingerprint density at radius 2 is 1.12 bits per heavy atom. The molecule has 21 heteroatoms. The van der Waals surface area contributed by atoms with E-state index in [-0.39, 0.29) is 18.8 Å². The second kappa shape index (κ2) is 18.8. The molecule has 340 valence electrons. The molecule has 0 bridgehead atoms. The van der Waals surface area contributed by atoms with Gasteiger partial charge in [0.05, 0.1) is 45.7 Å². The molecule has 0 saturated carbocycles. The molecule has 0 spiro atoms. The van der Waals surface area contributed by atoms with E-state index in [1.165, 1.54) is 12.1 Å². The van der Waals surface area contributed by atoms with Gasteiger partial charge in [0.15, 0.2) is 5.75 Å². The van der Waals surface area contributed by atoms with Gasteiger partial charge in [-0.05, 0) is 146 Å². The highest BCUT2D eigenvalue weighted by Gasteiger charge is 2.23. The van der Waals surface area contributed by atoms with Gasteiger partial charge in [-0.2, -0.15) is 50.8 Å². The predicted octanol–water partition coefficient (Wildman–Crippen LogP) is 12.1. The monoisotopic (exact) mass is 951 g/mol. The Balaban J connectivity index is 1.10. The number of aryl methyl sites for hydroxylation is 4. The third-order valence-electron chi connectivity index (χ3n) is 10.2. The lowest BCUT2D eigenvalue weighted by molar-refractivity contribution is 0.319. The number of benzene rings is 7. The van der Waals surface area contributed by atoms with Crippen LogP contribution >= 0.6 is 0 Å². The van der Waals surface area contributed by atoms with E-state index in [9.17, 15) is 39.5 Å². The Hall–Kier alpha value is -7.01. The Morgan fingerprint density at radius 3 is 1.68 bits per heavy atom. The maximum Gasteiger partial charge on any atom is 0.296 e. The molecule has 0 saturated heterocycles. The molecule has 0 heterocycles. The van der Waals surface area contributed by atoms with Crippen molar-refractivity contribution in [2.75, 3.05) is 17.7 Å². The maximum atomic E-state index is 12.5. The van der Waals surface area contributed by atoms with Gasteiger partial charge in [-0.15, -0.1) is 5.11 Å². The van der Waals surface area contributed by atoms with Crippen molar-refractivity contribution in [2.24, 2.45) is 30.7 Å². The minimum atomic E-state index is -4.85. The molecule has 66 heavy (non-hydrogen) atoms. The highest BCUT2D eigenvalue weighted by Crippen LogP contribution is 2.43. The van der Waals surface area contributed by atoms with Gasteiger partial charge in [-0.1, -0.05) is 24.3 Å². The summed E-state index contributed by atoms with van der Waals surface area (Å²) in [5.74, 6) is -0.998. The number of ether oxygens (including phenoxy) is 1. The van der Waals surface area contributed by atoms with Gasteiger partial charge in [0.2, 0.25) is 0 Å². The lowest BCUT2D eigenvalue weighted by atomic mass is 10.1. The number of azo groups is 3. The molecule has 0 unspecified atom stereocenters. The van der Waals surface area contributed by atoms with E-state index < -0.39 is 57.3 Å². The minimum absolute atomic E-state index is 0.0427. The maximum absolute atomic E-state index is 12.5. The number of phenols is 1. The fraction of sp³-hybridized carbons (Fsp3) is 0.156. The summed E-state index contributed by atoms with van der Waals surface area (Å²) in [6.45, 7) is 7.00. The molecule has 0 aliphatic heterocycles. The molecular weight excluding hydrogens is 911 g/mol. The van der Waals surface area contributed by atoms with E-state index in [2.05, 4.69) is 36.0 Å². The van der Waals surface area contributed by atoms with Crippen LogP contribution < -0.4 is 10.1 Å². The van der Waals surface area contributed by atoms with Crippen molar-refractivity contribution in [3.63, 3.8) is 0 Å². The molecule has 0 amide bonds. The highest BCUT2D eigenvalue weighted by atomic mass is 32.2. The average molecular weight is 952 g/mol. The van der Waals surface area contributed by atoms with Gasteiger partial charge in [0, 0.05) is 28.2 Å². The minimum Gasteiger partial charge on any atom is -0.505 e. The number of rotatable bonds is 15. The molecule has 0 aromatic heterocycles. The van der Waals surface area contributed by atoms with E-state index in [0.717, 1.165) is 17.3 Å². The van der Waals surface area contributed by atoms with Crippen molar-refractivity contribution in [1.82, 2.24) is 0 Å². The number of para-hydroxylation sites is 1. The lowest BCUT2D eigenvalue weighted by Gasteiger charge is -2.12. The fourth-order valence-electron chi connectivity index (χ4n) is 6.78. The van der Waals surface area contributed by atoms with Crippen LogP contribution in [0.2, 0.25) is 0 Å². The molecule has 0 radical (unpaired) electrons. The van der Waals surface area contributed by atoms with Crippen LogP contribution in [0.3, 0.4) is 0 Å². The summed E-state index contributed by atoms with van der Waals surface area (Å²) in [5.41, 5.74) is 6.02. The van der Waals surface area contributed by atoms with Crippen LogP contribution in [0.4, 0.5) is 45.5 Å². The van der Waals surface area contributed by atoms with Crippen LogP contribution in [-0.4, -0.2) is 56.4 Å². The summed E-state index contributed by atoms with van der Waals surface area (Å²) < 4.78 is 106. The molecule has 5 N–H and O–H groups in total. The van der Waals surface area contributed by atoms with Crippen molar-refractivity contribution in [3.05, 3.63) is 131 Å². The van der Waals surface area contributed by atoms with Crippen LogP contribution in [0.15, 0.2) is 150 Å². The SMILES string of the molecule is Cc1cc(N=Nc2cc(C)c(N=Nc3c(S(=O)(=O)O)cc4cc(Nc5ccccc5)ccc4c3O)cc2C)c(C)cc1N=Nc1ccc2cc(S(=O)(=O)O)cc(OCCCS(=O)(=O)O)c2c1. The number of aromatic hydroxyl groups is 1. The third-order valence-corrected chi connectivity index (χ3v) is 12.7. The topological polar surface area (TPSA) is 279 Å². The number of anilines is 2. The summed E-state index contributed by atoms with van der Waals surface area (Å²) in [6, 6.07) is 29.6. The zero-order valence-electron chi connectivity index (χ0n) is 35.6. The second-order valence-corrected chi connectivity index (χ2v) is 19.6. The Labute approximate surface area is 379 Å². The number of fused-ring (bicyclic) bond motifs is 2. The zero-order chi connectivity index (χ0) is 47.6. The Bertz CT molecular complexity index is 3490. The lowest BCUT2D eigenvalue weighted by Crippen LogP contribution is -2.09. The molecule has 7 aromatic rings. The van der Waals surface area contributed by atoms with Crippen molar-refractivity contribution < 1.29 is 48.8 Å². The summed E-state index contributed by atoms with van der Waals surface area (Å²) in [6.07, 6.45) is -0.0800. The van der Waals surface area contributed by atoms with Crippen molar-refractivity contribution >= 4 is 97.4 Å². The van der Waals surface area contributed by atoms with Crippen LogP contribution in [0, 0.1) is 27.7 Å². The van der Waals surface area contributed by atoms with E-state index in [1.807, 2.05) is 44.2 Å². The fourth-order valence-corrected chi connectivity index (χ4v) is 8.45. The predicted molar refractivity (Wildman–Crippen MR) is 250 cm³/mol. The van der Waals surface area contributed by atoms with Crippen LogP contribution in [0.25, 0.3) is 21.5 Å². The van der Waals surface area contributed by atoms with Crippen molar-refractivity contribution in [1.29, 1.82) is 0 Å². The van der Waals surface area contributed by atoms with Gasteiger partial charge in [-0.3, -0.25) is 13.7 Å². The first kappa shape index (κ1) is 47.0. The number of phenolic OH excluding ortho intramolecular Hbond substituents is 1. The normalized spacial score (nSPS) is 12.6. The number of nitrogens with one attached hydrogen (secondary N) is 1. The molecule has 0 atom stereocenters. The largest absolute Gasteiger partial charge is 0.505 e. The van der Waals surface area contributed by atoms with E-state index in [0.29, 0.717) is 72.4 Å². The van der Waals surface area contributed by atoms with E-state index >= 15 is 0 Å². The van der Waals surface area contributed by atoms with Gasteiger partial charge in [0.1, 0.15) is 16.3 Å². The van der Waals surface area contributed by atoms with Gasteiger partial charge < -0.3 is 15.2 Å². The number of nitrogens with zero attached hydrogens (tertiary/aromatic N) is 6. The summed E-state index contributed by atoms with van der Waals surface area (Å²) in [7, 11) is -13.7. The molecule has 7 rings (SSSR count). The third kappa shape index (κ3) is 11.3. The molecule has 0 fully saturated rings. The van der Waals surface area contributed by atoms with Crippen molar-refractivity contribution in [2.45, 2.75) is 43.9 Å². The molecule has 0 aliphatic rings. The molecule has 0 aliphatic carbocycles. The molecule has 18 nitrogen and oxygen atoms in total. The van der Waals surface area contributed by atoms with Crippen LogP contribution in [0.1, 0.15) is 28.7 Å². The number of hydrogen-bond acceptors (Lipinski definition) is 15. The first-order valence-electron chi connectivity index (χ1n) is 19.8. The summed E-state index contributed by atoms with van der Waals surface area (Å²) in [5, 5.41) is 42.0. The highest BCUT2D eigenvalue weighted by molar-refractivity contribution is 7.86. The first-order valence-corrected chi connectivity index (χ1v) is 24.3. The average Bonchev–Trinajstić information content (AvgIpc) is 3.24. The van der Waals surface area contributed by atoms with Crippen LogP contribution in [-0.2, 0) is 30.4 Å². The number of hydrogen-bond donors (Lipinski definition) is 5. The quantitative estimate of drug-likeness (QED) is 0.0364.